The van der Waals surface area contributed by atoms with Gasteiger partial charge in [0.25, 0.3) is 0 Å². The summed E-state index contributed by atoms with van der Waals surface area (Å²) in [5, 5.41) is 8.60. The minimum Gasteiger partial charge on any atom is -0.478 e. The highest BCUT2D eigenvalue weighted by Gasteiger charge is 2.07. The predicted octanol–water partition coefficient (Wildman–Crippen LogP) is 1.49. The Hall–Kier alpha value is -1.42. The van der Waals surface area contributed by atoms with Crippen LogP contribution in [-0.2, 0) is 4.74 Å². The Kier molecular flexibility index (Phi) is 2.97. The minimum absolute atomic E-state index is 0.108. The highest BCUT2D eigenvalue weighted by Crippen LogP contribution is 2.12. The van der Waals surface area contributed by atoms with Gasteiger partial charge in [-0.1, -0.05) is 0 Å². The summed E-state index contributed by atoms with van der Waals surface area (Å²) >= 11 is 0. The van der Waals surface area contributed by atoms with Crippen molar-refractivity contribution in [2.75, 3.05) is 7.11 Å². The number of hydrogen-bond acceptors (Lipinski definition) is 3. The topological polar surface area (TPSA) is 59.4 Å². The van der Waals surface area contributed by atoms with E-state index in [1.165, 1.54) is 12.3 Å². The molecule has 0 amide bonds. The Labute approximate surface area is 76.2 Å². The van der Waals surface area contributed by atoms with E-state index in [2.05, 4.69) is 4.98 Å². The van der Waals surface area contributed by atoms with Gasteiger partial charge in [0.05, 0.1) is 17.4 Å². The molecule has 70 valence electrons. The van der Waals surface area contributed by atoms with Crippen molar-refractivity contribution in [3.8, 4) is 0 Å². The van der Waals surface area contributed by atoms with Crippen LogP contribution in [0.2, 0.25) is 0 Å². The number of hydrogen-bond donors (Lipinski definition) is 1. The van der Waals surface area contributed by atoms with Gasteiger partial charge in [-0.3, -0.25) is 4.98 Å². The van der Waals surface area contributed by atoms with Gasteiger partial charge in [-0.25, -0.2) is 4.79 Å². The van der Waals surface area contributed by atoms with E-state index in [1.807, 2.05) is 6.92 Å². The minimum atomic E-state index is -0.968. The molecule has 1 unspecified atom stereocenters. The van der Waals surface area contributed by atoms with Crippen molar-refractivity contribution in [3.63, 3.8) is 0 Å². The molecule has 0 aliphatic heterocycles. The molecule has 0 radical (unpaired) electrons. The smallest absolute Gasteiger partial charge is 0.337 e. The first-order chi connectivity index (χ1) is 6.15. The summed E-state index contributed by atoms with van der Waals surface area (Å²) in [6.07, 6.45) is 1.22. The zero-order valence-corrected chi connectivity index (χ0v) is 7.52. The van der Waals surface area contributed by atoms with Crippen LogP contribution < -0.4 is 0 Å². The molecule has 0 saturated heterocycles. The molecule has 0 spiro atoms. The number of aromatic nitrogens is 1. The summed E-state index contributed by atoms with van der Waals surface area (Å²) in [5.41, 5.74) is 0.916. The lowest BCUT2D eigenvalue weighted by atomic mass is 10.2. The summed E-state index contributed by atoms with van der Waals surface area (Å²) < 4.78 is 5.03. The molecule has 13 heavy (non-hydrogen) atoms. The maximum atomic E-state index is 10.5. The van der Waals surface area contributed by atoms with Crippen LogP contribution in [0, 0.1) is 0 Å². The Bertz CT molecular complexity index is 294. The number of carboxylic acid groups (broad SMARTS) is 1. The summed E-state index contributed by atoms with van der Waals surface area (Å²) in [6, 6.07) is 3.16. The lowest BCUT2D eigenvalue weighted by molar-refractivity contribution is 0.0695. The third-order valence-corrected chi connectivity index (χ3v) is 1.80. The number of methoxy groups -OCH3 is 1. The first-order valence-electron chi connectivity index (χ1n) is 3.87. The number of carboxylic acids is 1. The van der Waals surface area contributed by atoms with E-state index >= 15 is 0 Å². The average Bonchev–Trinajstić information content (AvgIpc) is 2.17. The molecule has 1 heterocycles. The van der Waals surface area contributed by atoms with Crippen LogP contribution in [0.4, 0.5) is 0 Å². The summed E-state index contributed by atoms with van der Waals surface area (Å²) in [4.78, 5) is 14.4. The molecular weight excluding hydrogens is 170 g/mol. The van der Waals surface area contributed by atoms with E-state index < -0.39 is 5.97 Å². The van der Waals surface area contributed by atoms with Crippen LogP contribution in [0.3, 0.4) is 0 Å². The van der Waals surface area contributed by atoms with Gasteiger partial charge >= 0.3 is 5.97 Å². The third-order valence-electron chi connectivity index (χ3n) is 1.80. The van der Waals surface area contributed by atoms with Crippen molar-refractivity contribution in [3.05, 3.63) is 29.6 Å². The molecule has 0 aromatic carbocycles. The first kappa shape index (κ1) is 9.67. The highest BCUT2D eigenvalue weighted by atomic mass is 16.5. The van der Waals surface area contributed by atoms with Crippen LogP contribution in [0.1, 0.15) is 29.1 Å². The highest BCUT2D eigenvalue weighted by molar-refractivity contribution is 5.87. The van der Waals surface area contributed by atoms with E-state index in [-0.39, 0.29) is 11.7 Å². The molecule has 0 fully saturated rings. The number of ether oxygens (including phenoxy) is 1. The molecule has 0 aliphatic carbocycles. The molecule has 0 aliphatic rings. The lowest BCUT2D eigenvalue weighted by Gasteiger charge is -2.07. The van der Waals surface area contributed by atoms with Crippen molar-refractivity contribution >= 4 is 5.97 Å². The first-order valence-corrected chi connectivity index (χ1v) is 3.87. The van der Waals surface area contributed by atoms with E-state index in [0.29, 0.717) is 0 Å². The van der Waals surface area contributed by atoms with Gasteiger partial charge in [-0.15, -0.1) is 0 Å². The van der Waals surface area contributed by atoms with E-state index in [0.717, 1.165) is 5.69 Å². The van der Waals surface area contributed by atoms with Gasteiger partial charge < -0.3 is 9.84 Å². The molecule has 1 rings (SSSR count). The van der Waals surface area contributed by atoms with Crippen LogP contribution >= 0.6 is 0 Å². The molecule has 1 atom stereocenters. The standard InChI is InChI=1S/C9H11NO3/c1-6(13-2)8-4-3-7(5-10-8)9(11)12/h3-6H,1-2H3,(H,11,12). The second-order valence-electron chi connectivity index (χ2n) is 2.65. The van der Waals surface area contributed by atoms with Crippen molar-refractivity contribution in [2.45, 2.75) is 13.0 Å². The average molecular weight is 181 g/mol. The number of aromatic carboxylic acids is 1. The van der Waals surface area contributed by atoms with Gasteiger partial charge in [0.1, 0.15) is 0 Å². The van der Waals surface area contributed by atoms with Crippen molar-refractivity contribution in [2.24, 2.45) is 0 Å². The van der Waals surface area contributed by atoms with Gasteiger partial charge in [0, 0.05) is 13.3 Å². The van der Waals surface area contributed by atoms with Gasteiger partial charge in [0.2, 0.25) is 0 Å². The number of rotatable bonds is 3. The lowest BCUT2D eigenvalue weighted by Crippen LogP contribution is -2.02. The van der Waals surface area contributed by atoms with Gasteiger partial charge in [-0.05, 0) is 19.1 Å². The zero-order chi connectivity index (χ0) is 9.84. The molecule has 0 saturated carbocycles. The third kappa shape index (κ3) is 2.26. The van der Waals surface area contributed by atoms with Crippen LogP contribution in [-0.4, -0.2) is 23.2 Å². The summed E-state index contributed by atoms with van der Waals surface area (Å²) in [6.45, 7) is 1.85. The van der Waals surface area contributed by atoms with Crippen LogP contribution in [0.15, 0.2) is 18.3 Å². The number of nitrogens with zero attached hydrogens (tertiary/aromatic N) is 1. The molecule has 0 bridgehead atoms. The second-order valence-corrected chi connectivity index (χ2v) is 2.65. The molecular formula is C9H11NO3. The predicted molar refractivity (Wildman–Crippen MR) is 46.6 cm³/mol. The Morgan fingerprint density at radius 2 is 2.31 bits per heavy atom. The summed E-state index contributed by atoms with van der Waals surface area (Å²) in [7, 11) is 1.58. The molecule has 4 heteroatoms. The van der Waals surface area contributed by atoms with Gasteiger partial charge in [-0.2, -0.15) is 0 Å². The fourth-order valence-electron chi connectivity index (χ4n) is 0.893. The molecule has 1 aromatic rings. The number of pyridine rings is 1. The van der Waals surface area contributed by atoms with E-state index in [9.17, 15) is 4.79 Å². The maximum absolute atomic E-state index is 10.5. The largest absolute Gasteiger partial charge is 0.478 e. The SMILES string of the molecule is COC(C)c1ccc(C(=O)O)cn1. The Balaban J connectivity index is 2.87. The van der Waals surface area contributed by atoms with E-state index in [1.54, 1.807) is 13.2 Å². The quantitative estimate of drug-likeness (QED) is 0.767. The monoisotopic (exact) mass is 181 g/mol. The normalized spacial score (nSPS) is 12.5. The van der Waals surface area contributed by atoms with Crippen molar-refractivity contribution in [1.82, 2.24) is 4.98 Å². The fraction of sp³-hybridized carbons (Fsp3) is 0.333. The van der Waals surface area contributed by atoms with E-state index in [4.69, 9.17) is 9.84 Å². The van der Waals surface area contributed by atoms with Crippen LogP contribution in [0.5, 0.6) is 0 Å². The van der Waals surface area contributed by atoms with Crippen molar-refractivity contribution in [1.29, 1.82) is 0 Å². The number of carbonyl (C=O) groups is 1. The Morgan fingerprint density at radius 1 is 1.62 bits per heavy atom. The summed E-state index contributed by atoms with van der Waals surface area (Å²) in [5.74, 6) is -0.968. The van der Waals surface area contributed by atoms with Crippen molar-refractivity contribution < 1.29 is 14.6 Å². The second kappa shape index (κ2) is 4.00. The Morgan fingerprint density at radius 3 is 2.69 bits per heavy atom. The van der Waals surface area contributed by atoms with Gasteiger partial charge in [0.15, 0.2) is 0 Å². The molecule has 1 N–H and O–H groups in total. The maximum Gasteiger partial charge on any atom is 0.337 e. The zero-order valence-electron chi connectivity index (χ0n) is 7.52. The molecule has 4 nitrogen and oxygen atoms in total. The molecule has 1 aromatic heterocycles. The van der Waals surface area contributed by atoms with Crippen LogP contribution in [0.25, 0.3) is 0 Å². The fourth-order valence-corrected chi connectivity index (χ4v) is 0.893.